The van der Waals surface area contributed by atoms with Gasteiger partial charge in [0.25, 0.3) is 5.91 Å². The molecule has 0 N–H and O–H groups in total. The van der Waals surface area contributed by atoms with Gasteiger partial charge in [-0.1, -0.05) is 62.1 Å². The van der Waals surface area contributed by atoms with Crippen molar-refractivity contribution < 1.29 is 14.3 Å². The van der Waals surface area contributed by atoms with E-state index >= 15 is 0 Å². The second-order valence-corrected chi connectivity index (χ2v) is 7.39. The fourth-order valence-corrected chi connectivity index (χ4v) is 3.57. The first-order valence-corrected chi connectivity index (χ1v) is 9.15. The molecule has 0 bridgehead atoms. The molecular formula is C18H21NO3S2. The van der Waals surface area contributed by atoms with Crippen molar-refractivity contribution in [1.82, 2.24) is 4.90 Å². The van der Waals surface area contributed by atoms with Crippen LogP contribution in [0.4, 0.5) is 0 Å². The Hall–Kier alpha value is -1.66. The lowest BCUT2D eigenvalue weighted by atomic mass is 10.0. The van der Waals surface area contributed by atoms with E-state index in [1.165, 1.54) is 22.2 Å². The van der Waals surface area contributed by atoms with Gasteiger partial charge in [0, 0.05) is 6.54 Å². The Morgan fingerprint density at radius 3 is 2.58 bits per heavy atom. The van der Waals surface area contributed by atoms with E-state index in [9.17, 15) is 9.59 Å². The molecule has 1 aliphatic heterocycles. The predicted molar refractivity (Wildman–Crippen MR) is 102 cm³/mol. The van der Waals surface area contributed by atoms with Crippen LogP contribution >= 0.6 is 24.0 Å². The summed E-state index contributed by atoms with van der Waals surface area (Å²) in [5.74, 6) is 0.00201. The van der Waals surface area contributed by atoms with Crippen molar-refractivity contribution in [3.05, 3.63) is 40.3 Å². The van der Waals surface area contributed by atoms with E-state index in [1.54, 1.807) is 6.92 Å². The van der Waals surface area contributed by atoms with Gasteiger partial charge >= 0.3 is 5.97 Å². The molecule has 0 saturated carbocycles. The van der Waals surface area contributed by atoms with Crippen molar-refractivity contribution in [2.45, 2.75) is 33.1 Å². The summed E-state index contributed by atoms with van der Waals surface area (Å²) in [7, 11) is 0. The van der Waals surface area contributed by atoms with E-state index in [0.717, 1.165) is 5.56 Å². The minimum atomic E-state index is -0.320. The van der Waals surface area contributed by atoms with Gasteiger partial charge in [-0.05, 0) is 30.0 Å². The molecule has 0 radical (unpaired) electrons. The van der Waals surface area contributed by atoms with Crippen molar-refractivity contribution >= 4 is 46.3 Å². The third-order valence-electron chi connectivity index (χ3n) is 3.62. The van der Waals surface area contributed by atoms with Crippen LogP contribution in [0.1, 0.15) is 44.2 Å². The molecule has 0 atom stereocenters. The van der Waals surface area contributed by atoms with Crippen molar-refractivity contribution in [1.29, 1.82) is 0 Å². The average molecular weight is 364 g/mol. The standard InChI is InChI=1S/C18H21NO3S2/c1-4-22-16(20)9-10-19-17(21)15(24-18(19)23)11-13-5-7-14(8-6-13)12(2)3/h5-8,11-12H,4,9-10H2,1-3H3/b15-11-. The first-order chi connectivity index (χ1) is 11.4. The zero-order valence-electron chi connectivity index (χ0n) is 14.1. The van der Waals surface area contributed by atoms with Crippen LogP contribution in [-0.4, -0.2) is 34.2 Å². The summed E-state index contributed by atoms with van der Waals surface area (Å²) in [6, 6.07) is 8.14. The quantitative estimate of drug-likeness (QED) is 0.435. The molecule has 1 heterocycles. The molecule has 24 heavy (non-hydrogen) atoms. The Balaban J connectivity index is 2.05. The molecule has 0 spiro atoms. The van der Waals surface area contributed by atoms with Gasteiger partial charge in [0.2, 0.25) is 0 Å². The van der Waals surface area contributed by atoms with Gasteiger partial charge in [0.1, 0.15) is 4.32 Å². The third-order valence-corrected chi connectivity index (χ3v) is 5.00. The van der Waals surface area contributed by atoms with Gasteiger partial charge in [-0.25, -0.2) is 0 Å². The Bertz CT molecular complexity index is 665. The Morgan fingerprint density at radius 1 is 1.33 bits per heavy atom. The molecule has 6 heteroatoms. The number of hydrogen-bond acceptors (Lipinski definition) is 5. The topological polar surface area (TPSA) is 46.6 Å². The van der Waals surface area contributed by atoms with Crippen molar-refractivity contribution in [2.24, 2.45) is 0 Å². The highest BCUT2D eigenvalue weighted by Gasteiger charge is 2.32. The third kappa shape index (κ3) is 4.68. The molecule has 1 aromatic carbocycles. The van der Waals surface area contributed by atoms with Gasteiger partial charge in [-0.3, -0.25) is 14.5 Å². The minimum Gasteiger partial charge on any atom is -0.466 e. The van der Waals surface area contributed by atoms with Crippen LogP contribution in [0.5, 0.6) is 0 Å². The number of rotatable bonds is 6. The van der Waals surface area contributed by atoms with Crippen molar-refractivity contribution in [3.8, 4) is 0 Å². The van der Waals surface area contributed by atoms with Gasteiger partial charge in [0.05, 0.1) is 17.9 Å². The maximum Gasteiger partial charge on any atom is 0.307 e. The maximum atomic E-state index is 12.5. The number of ether oxygens (including phenoxy) is 1. The van der Waals surface area contributed by atoms with Crippen molar-refractivity contribution in [2.75, 3.05) is 13.2 Å². The van der Waals surface area contributed by atoms with Gasteiger partial charge in [0.15, 0.2) is 0 Å². The molecule has 1 fully saturated rings. The van der Waals surface area contributed by atoms with Crippen LogP contribution < -0.4 is 0 Å². The van der Waals surface area contributed by atoms with E-state index in [4.69, 9.17) is 17.0 Å². The predicted octanol–water partition coefficient (Wildman–Crippen LogP) is 3.96. The molecule has 0 aliphatic carbocycles. The smallest absolute Gasteiger partial charge is 0.307 e. The van der Waals surface area contributed by atoms with Crippen LogP contribution in [-0.2, 0) is 14.3 Å². The maximum absolute atomic E-state index is 12.5. The number of esters is 1. The first kappa shape index (κ1) is 18.7. The molecular weight excluding hydrogens is 342 g/mol. The van der Waals surface area contributed by atoms with E-state index in [0.29, 0.717) is 21.8 Å². The second-order valence-electron chi connectivity index (χ2n) is 5.71. The lowest BCUT2D eigenvalue weighted by Gasteiger charge is -2.13. The Kier molecular flexibility index (Phi) is 6.57. The number of nitrogens with zero attached hydrogens (tertiary/aromatic N) is 1. The number of amides is 1. The highest BCUT2D eigenvalue weighted by Crippen LogP contribution is 2.32. The largest absolute Gasteiger partial charge is 0.466 e. The highest BCUT2D eigenvalue weighted by molar-refractivity contribution is 8.26. The summed E-state index contributed by atoms with van der Waals surface area (Å²) in [6.07, 6.45) is 1.99. The molecule has 1 aromatic rings. The van der Waals surface area contributed by atoms with E-state index in [-0.39, 0.29) is 24.8 Å². The number of hydrogen-bond donors (Lipinski definition) is 0. The Labute approximate surface area is 152 Å². The Morgan fingerprint density at radius 2 is 2.00 bits per heavy atom. The second kappa shape index (κ2) is 8.44. The highest BCUT2D eigenvalue weighted by atomic mass is 32.2. The zero-order valence-corrected chi connectivity index (χ0v) is 15.7. The number of benzene rings is 1. The first-order valence-electron chi connectivity index (χ1n) is 7.93. The SMILES string of the molecule is CCOC(=O)CCN1C(=O)/C(=C/c2ccc(C(C)C)cc2)SC1=S. The van der Waals surface area contributed by atoms with E-state index in [1.807, 2.05) is 18.2 Å². The summed E-state index contributed by atoms with van der Waals surface area (Å²) in [5.41, 5.74) is 2.22. The average Bonchev–Trinajstić information content (AvgIpc) is 2.80. The number of carbonyl (C=O) groups is 2. The molecule has 0 aromatic heterocycles. The van der Waals surface area contributed by atoms with E-state index < -0.39 is 0 Å². The molecule has 4 nitrogen and oxygen atoms in total. The molecule has 0 unspecified atom stereocenters. The van der Waals surface area contributed by atoms with Crippen LogP contribution in [0.3, 0.4) is 0 Å². The van der Waals surface area contributed by atoms with Gasteiger partial charge in [-0.2, -0.15) is 0 Å². The summed E-state index contributed by atoms with van der Waals surface area (Å²) in [4.78, 5) is 26.0. The lowest BCUT2D eigenvalue weighted by Crippen LogP contribution is -2.30. The fourth-order valence-electron chi connectivity index (χ4n) is 2.26. The van der Waals surface area contributed by atoms with Crippen molar-refractivity contribution in [3.63, 3.8) is 0 Å². The number of thioether (sulfide) groups is 1. The zero-order chi connectivity index (χ0) is 17.7. The molecule has 128 valence electrons. The lowest BCUT2D eigenvalue weighted by molar-refractivity contribution is -0.143. The minimum absolute atomic E-state index is 0.149. The summed E-state index contributed by atoms with van der Waals surface area (Å²) in [6.45, 7) is 6.63. The summed E-state index contributed by atoms with van der Waals surface area (Å²) < 4.78 is 5.36. The van der Waals surface area contributed by atoms with Gasteiger partial charge < -0.3 is 4.74 Å². The van der Waals surface area contributed by atoms with Crippen LogP contribution in [0, 0.1) is 0 Å². The number of carbonyl (C=O) groups excluding carboxylic acids is 2. The normalized spacial score (nSPS) is 16.3. The molecule has 1 saturated heterocycles. The van der Waals surface area contributed by atoms with E-state index in [2.05, 4.69) is 26.0 Å². The van der Waals surface area contributed by atoms with Gasteiger partial charge in [-0.15, -0.1) is 0 Å². The van der Waals surface area contributed by atoms with Crippen LogP contribution in [0.2, 0.25) is 0 Å². The summed E-state index contributed by atoms with van der Waals surface area (Å²) >= 11 is 6.53. The molecule has 2 rings (SSSR count). The van der Waals surface area contributed by atoms with Crippen LogP contribution in [0.15, 0.2) is 29.2 Å². The fraction of sp³-hybridized carbons (Fsp3) is 0.389. The molecule has 1 aliphatic rings. The van der Waals surface area contributed by atoms with Crippen LogP contribution in [0.25, 0.3) is 6.08 Å². The molecule has 1 amide bonds. The summed E-state index contributed by atoms with van der Waals surface area (Å²) in [5, 5.41) is 0. The monoisotopic (exact) mass is 363 g/mol. The number of thiocarbonyl (C=S) groups is 1.